The van der Waals surface area contributed by atoms with E-state index < -0.39 is 16.9 Å². The molecule has 0 atom stereocenters. The summed E-state index contributed by atoms with van der Waals surface area (Å²) in [7, 11) is 0. The molecular weight excluding hydrogens is 265 g/mol. The number of thiophene rings is 1. The summed E-state index contributed by atoms with van der Waals surface area (Å²) in [6.45, 7) is 0. The van der Waals surface area contributed by atoms with Gasteiger partial charge in [-0.2, -0.15) is 0 Å². The van der Waals surface area contributed by atoms with Crippen LogP contribution in [0.25, 0.3) is 10.1 Å². The Morgan fingerprint density at radius 3 is 2.60 bits per heavy atom. The van der Waals surface area contributed by atoms with E-state index in [1.165, 1.54) is 0 Å². The molecule has 1 aromatic carbocycles. The van der Waals surface area contributed by atoms with Gasteiger partial charge in [-0.3, -0.25) is 4.79 Å². The van der Waals surface area contributed by atoms with E-state index in [-0.39, 0.29) is 20.0 Å². The lowest BCUT2D eigenvalue weighted by atomic mass is 10.2. The minimum Gasteiger partial charge on any atom is -0.275 e. The highest BCUT2D eigenvalue weighted by Crippen LogP contribution is 2.38. The highest BCUT2D eigenvalue weighted by Gasteiger charge is 2.18. The van der Waals surface area contributed by atoms with E-state index in [0.29, 0.717) is 6.07 Å². The van der Waals surface area contributed by atoms with Gasteiger partial charge in [0.2, 0.25) is 0 Å². The fourth-order valence-electron chi connectivity index (χ4n) is 1.24. The Balaban J connectivity index is 2.88. The zero-order chi connectivity index (χ0) is 11.2. The van der Waals surface area contributed by atoms with E-state index in [1.807, 2.05) is 0 Å². The van der Waals surface area contributed by atoms with Crippen LogP contribution in [-0.4, -0.2) is 5.24 Å². The number of halogens is 4. The maximum Gasteiger partial charge on any atom is 0.263 e. The predicted octanol–water partition coefficient (Wildman–Crippen LogP) is 4.21. The van der Waals surface area contributed by atoms with Crippen molar-refractivity contribution in [3.05, 3.63) is 33.7 Å². The van der Waals surface area contributed by atoms with Gasteiger partial charge in [-0.15, -0.1) is 11.3 Å². The quantitative estimate of drug-likeness (QED) is 0.707. The van der Waals surface area contributed by atoms with E-state index in [1.54, 1.807) is 0 Å². The first-order valence-corrected chi connectivity index (χ1v) is 5.35. The molecule has 78 valence electrons. The molecule has 0 aliphatic rings. The Hall–Kier alpha value is -0.710. The average Bonchev–Trinajstić information content (AvgIpc) is 2.42. The van der Waals surface area contributed by atoms with Gasteiger partial charge in [0.15, 0.2) is 0 Å². The van der Waals surface area contributed by atoms with Gasteiger partial charge in [-0.05, 0) is 17.7 Å². The molecule has 0 saturated heterocycles. The Kier molecular flexibility index (Phi) is 2.66. The lowest BCUT2D eigenvalue weighted by Gasteiger charge is -1.93. The molecule has 0 amide bonds. The van der Waals surface area contributed by atoms with Gasteiger partial charge in [-0.1, -0.05) is 11.6 Å². The number of hydrogen-bond acceptors (Lipinski definition) is 2. The Bertz CT molecular complexity index is 565. The van der Waals surface area contributed by atoms with Crippen LogP contribution in [0.3, 0.4) is 0 Å². The highest BCUT2D eigenvalue weighted by molar-refractivity contribution is 7.23. The second kappa shape index (κ2) is 3.70. The van der Waals surface area contributed by atoms with Gasteiger partial charge in [0, 0.05) is 16.2 Å². The molecule has 0 radical (unpaired) electrons. The molecule has 0 aliphatic carbocycles. The third kappa shape index (κ3) is 1.73. The van der Waals surface area contributed by atoms with Crippen molar-refractivity contribution in [1.82, 2.24) is 0 Å². The van der Waals surface area contributed by atoms with Gasteiger partial charge >= 0.3 is 0 Å². The molecule has 0 spiro atoms. The van der Waals surface area contributed by atoms with Crippen LogP contribution in [0.2, 0.25) is 5.02 Å². The van der Waals surface area contributed by atoms with E-state index in [9.17, 15) is 13.6 Å². The summed E-state index contributed by atoms with van der Waals surface area (Å²) in [5.74, 6) is -1.51. The number of hydrogen-bond donors (Lipinski definition) is 0. The summed E-state index contributed by atoms with van der Waals surface area (Å²) >= 11 is 11.9. The van der Waals surface area contributed by atoms with E-state index >= 15 is 0 Å². The number of benzene rings is 1. The van der Waals surface area contributed by atoms with Crippen molar-refractivity contribution in [2.75, 3.05) is 0 Å². The van der Waals surface area contributed by atoms with Gasteiger partial charge in [0.25, 0.3) is 5.24 Å². The Labute approximate surface area is 97.2 Å². The maximum absolute atomic E-state index is 13.3. The largest absolute Gasteiger partial charge is 0.275 e. The van der Waals surface area contributed by atoms with Gasteiger partial charge in [-0.25, -0.2) is 8.78 Å². The van der Waals surface area contributed by atoms with Crippen LogP contribution in [-0.2, 0) is 0 Å². The second-order valence-electron chi connectivity index (χ2n) is 2.78. The summed E-state index contributed by atoms with van der Waals surface area (Å²) in [6, 6.07) is 1.82. The molecule has 0 saturated carbocycles. The van der Waals surface area contributed by atoms with Gasteiger partial charge < -0.3 is 0 Å². The fraction of sp³-hybridized carbons (Fsp3) is 0. The van der Waals surface area contributed by atoms with E-state index in [0.717, 1.165) is 17.4 Å². The Morgan fingerprint density at radius 1 is 1.33 bits per heavy atom. The van der Waals surface area contributed by atoms with Crippen LogP contribution < -0.4 is 0 Å². The standard InChI is InChI=1S/C9H2Cl2F2OS/c10-7-6-4(13)1-3(12)2-5(6)15-8(7)9(11)14/h1-2H. The van der Waals surface area contributed by atoms with Crippen molar-refractivity contribution in [3.63, 3.8) is 0 Å². The van der Waals surface area contributed by atoms with Crippen molar-refractivity contribution in [1.29, 1.82) is 0 Å². The predicted molar refractivity (Wildman–Crippen MR) is 56.9 cm³/mol. The third-order valence-electron chi connectivity index (χ3n) is 1.83. The first kappa shape index (κ1) is 10.8. The topological polar surface area (TPSA) is 17.1 Å². The molecule has 0 fully saturated rings. The molecule has 0 N–H and O–H groups in total. The van der Waals surface area contributed by atoms with Crippen molar-refractivity contribution in [2.45, 2.75) is 0 Å². The van der Waals surface area contributed by atoms with Crippen molar-refractivity contribution in [2.24, 2.45) is 0 Å². The van der Waals surface area contributed by atoms with Gasteiger partial charge in [0.05, 0.1) is 5.02 Å². The number of carbonyl (C=O) groups excluding carboxylic acids is 1. The van der Waals surface area contributed by atoms with Crippen molar-refractivity contribution in [3.8, 4) is 0 Å². The minimum atomic E-state index is -0.796. The highest BCUT2D eigenvalue weighted by atomic mass is 35.5. The van der Waals surface area contributed by atoms with Crippen LogP contribution >= 0.6 is 34.5 Å². The Morgan fingerprint density at radius 2 is 2.00 bits per heavy atom. The van der Waals surface area contributed by atoms with Crippen molar-refractivity contribution >= 4 is 49.9 Å². The number of carbonyl (C=O) groups is 1. The number of fused-ring (bicyclic) bond motifs is 1. The second-order valence-corrected chi connectivity index (χ2v) is 4.55. The van der Waals surface area contributed by atoms with Crippen LogP contribution in [0.1, 0.15) is 9.67 Å². The smallest absolute Gasteiger partial charge is 0.263 e. The lowest BCUT2D eigenvalue weighted by Crippen LogP contribution is -1.83. The van der Waals surface area contributed by atoms with Crippen LogP contribution in [0.15, 0.2) is 12.1 Å². The fourth-order valence-corrected chi connectivity index (χ4v) is 2.91. The molecule has 0 aliphatic heterocycles. The van der Waals surface area contributed by atoms with E-state index in [4.69, 9.17) is 23.2 Å². The molecule has 1 heterocycles. The summed E-state index contributed by atoms with van der Waals surface area (Å²) in [5, 5.41) is -0.805. The van der Waals surface area contributed by atoms with Crippen LogP contribution in [0, 0.1) is 11.6 Å². The lowest BCUT2D eigenvalue weighted by molar-refractivity contribution is 0.108. The van der Waals surface area contributed by atoms with Crippen molar-refractivity contribution < 1.29 is 13.6 Å². The SMILES string of the molecule is O=C(Cl)c1sc2cc(F)cc(F)c2c1Cl. The van der Waals surface area contributed by atoms with Crippen LogP contribution in [0.4, 0.5) is 8.78 Å². The first-order valence-electron chi connectivity index (χ1n) is 3.77. The van der Waals surface area contributed by atoms with Gasteiger partial charge in [0.1, 0.15) is 16.5 Å². The molecule has 2 aromatic rings. The summed E-state index contributed by atoms with van der Waals surface area (Å²) in [4.78, 5) is 10.9. The molecule has 15 heavy (non-hydrogen) atoms. The van der Waals surface area contributed by atoms with Crippen LogP contribution in [0.5, 0.6) is 0 Å². The summed E-state index contributed by atoms with van der Waals surface area (Å²) < 4.78 is 26.4. The third-order valence-corrected chi connectivity index (χ3v) is 3.75. The maximum atomic E-state index is 13.3. The molecular formula is C9H2Cl2F2OS. The molecule has 0 unspecified atom stereocenters. The molecule has 1 nitrogen and oxygen atoms in total. The minimum absolute atomic E-state index is 0.0258. The zero-order valence-corrected chi connectivity index (χ0v) is 9.31. The molecule has 6 heteroatoms. The number of rotatable bonds is 1. The average molecular weight is 267 g/mol. The first-order chi connectivity index (χ1) is 7.00. The summed E-state index contributed by atoms with van der Waals surface area (Å²) in [6.07, 6.45) is 0. The molecule has 1 aromatic heterocycles. The van der Waals surface area contributed by atoms with E-state index in [2.05, 4.69) is 0 Å². The normalized spacial score (nSPS) is 10.9. The zero-order valence-electron chi connectivity index (χ0n) is 6.98. The monoisotopic (exact) mass is 266 g/mol. The molecule has 2 rings (SSSR count). The summed E-state index contributed by atoms with van der Waals surface area (Å²) in [5.41, 5.74) is 0. The molecule has 0 bridgehead atoms.